The lowest BCUT2D eigenvalue weighted by Crippen LogP contribution is -2.39. The highest BCUT2D eigenvalue weighted by Crippen LogP contribution is 2.24. The molecule has 0 atom stereocenters. The zero-order chi connectivity index (χ0) is 14.7. The SMILES string of the molecule is CC1(C)OCC(CCCCCCCCCCCO)CO1. The van der Waals surface area contributed by atoms with Crippen LogP contribution in [0.3, 0.4) is 0 Å². The van der Waals surface area contributed by atoms with Gasteiger partial charge in [-0.05, 0) is 26.7 Å². The number of rotatable bonds is 11. The van der Waals surface area contributed by atoms with Crippen molar-refractivity contribution in [3.63, 3.8) is 0 Å². The fraction of sp³-hybridized carbons (Fsp3) is 1.00. The van der Waals surface area contributed by atoms with Crippen LogP contribution in [0.15, 0.2) is 0 Å². The largest absolute Gasteiger partial charge is 0.396 e. The Hall–Kier alpha value is -0.120. The topological polar surface area (TPSA) is 38.7 Å². The van der Waals surface area contributed by atoms with Crippen LogP contribution in [0.25, 0.3) is 0 Å². The standard InChI is InChI=1S/C17H34O3/c1-17(2)19-14-16(15-20-17)12-10-8-6-4-3-5-7-9-11-13-18/h16,18H,3-15H2,1-2H3. The zero-order valence-electron chi connectivity index (χ0n) is 13.5. The second-order valence-electron chi connectivity index (χ2n) is 6.58. The molecule has 0 saturated carbocycles. The molecule has 20 heavy (non-hydrogen) atoms. The van der Waals surface area contributed by atoms with Crippen molar-refractivity contribution < 1.29 is 14.6 Å². The molecular weight excluding hydrogens is 252 g/mol. The van der Waals surface area contributed by atoms with Crippen molar-refractivity contribution in [2.75, 3.05) is 19.8 Å². The monoisotopic (exact) mass is 286 g/mol. The first-order valence-electron chi connectivity index (χ1n) is 8.53. The van der Waals surface area contributed by atoms with Gasteiger partial charge in [-0.2, -0.15) is 0 Å². The maximum atomic E-state index is 8.68. The molecule has 0 aromatic carbocycles. The number of hydrogen-bond donors (Lipinski definition) is 1. The number of unbranched alkanes of at least 4 members (excludes halogenated alkanes) is 8. The van der Waals surface area contributed by atoms with Gasteiger partial charge < -0.3 is 14.6 Å². The molecule has 120 valence electrons. The van der Waals surface area contributed by atoms with E-state index >= 15 is 0 Å². The maximum absolute atomic E-state index is 8.68. The molecule has 1 aliphatic heterocycles. The molecular formula is C17H34O3. The zero-order valence-corrected chi connectivity index (χ0v) is 13.5. The van der Waals surface area contributed by atoms with Crippen LogP contribution in [0.1, 0.15) is 78.1 Å². The van der Waals surface area contributed by atoms with Crippen molar-refractivity contribution >= 4 is 0 Å². The molecule has 0 aliphatic carbocycles. The summed E-state index contributed by atoms with van der Waals surface area (Å²) in [6.45, 7) is 6.05. The molecule has 0 radical (unpaired) electrons. The highest BCUT2D eigenvalue weighted by Gasteiger charge is 2.27. The van der Waals surface area contributed by atoms with Crippen molar-refractivity contribution in [3.05, 3.63) is 0 Å². The van der Waals surface area contributed by atoms with E-state index in [4.69, 9.17) is 14.6 Å². The maximum Gasteiger partial charge on any atom is 0.162 e. The predicted octanol–water partition coefficient (Wildman–Crippen LogP) is 4.28. The van der Waals surface area contributed by atoms with Crippen molar-refractivity contribution in [1.82, 2.24) is 0 Å². The van der Waals surface area contributed by atoms with E-state index in [-0.39, 0.29) is 5.79 Å². The van der Waals surface area contributed by atoms with Crippen molar-refractivity contribution in [2.45, 2.75) is 83.8 Å². The van der Waals surface area contributed by atoms with Crippen LogP contribution in [-0.4, -0.2) is 30.7 Å². The lowest BCUT2D eigenvalue weighted by atomic mass is 10.00. The summed E-state index contributed by atoms with van der Waals surface area (Å²) in [7, 11) is 0. The first-order valence-corrected chi connectivity index (χ1v) is 8.53. The third-order valence-electron chi connectivity index (χ3n) is 4.10. The summed E-state index contributed by atoms with van der Waals surface area (Å²) < 4.78 is 11.4. The van der Waals surface area contributed by atoms with Gasteiger partial charge in [0.2, 0.25) is 0 Å². The second-order valence-corrected chi connectivity index (χ2v) is 6.58. The van der Waals surface area contributed by atoms with E-state index in [1.54, 1.807) is 0 Å². The van der Waals surface area contributed by atoms with Crippen LogP contribution in [-0.2, 0) is 9.47 Å². The fourth-order valence-electron chi connectivity index (χ4n) is 2.68. The number of hydrogen-bond acceptors (Lipinski definition) is 3. The second kappa shape index (κ2) is 10.6. The van der Waals surface area contributed by atoms with Gasteiger partial charge in [0.1, 0.15) is 0 Å². The van der Waals surface area contributed by atoms with Gasteiger partial charge in [-0.3, -0.25) is 0 Å². The lowest BCUT2D eigenvalue weighted by Gasteiger charge is -2.35. The Morgan fingerprint density at radius 3 is 1.75 bits per heavy atom. The molecule has 1 saturated heterocycles. The predicted molar refractivity (Wildman–Crippen MR) is 82.7 cm³/mol. The molecule has 1 rings (SSSR count). The van der Waals surface area contributed by atoms with E-state index in [0.717, 1.165) is 19.6 Å². The lowest BCUT2D eigenvalue weighted by molar-refractivity contribution is -0.262. The summed E-state index contributed by atoms with van der Waals surface area (Å²) in [4.78, 5) is 0. The number of aliphatic hydroxyl groups is 1. The molecule has 1 fully saturated rings. The third kappa shape index (κ3) is 8.93. The van der Waals surface area contributed by atoms with E-state index in [0.29, 0.717) is 12.5 Å². The summed E-state index contributed by atoms with van der Waals surface area (Å²) in [5, 5.41) is 8.68. The highest BCUT2D eigenvalue weighted by molar-refractivity contribution is 4.67. The number of ether oxygens (including phenoxy) is 2. The van der Waals surface area contributed by atoms with E-state index in [2.05, 4.69) is 0 Å². The van der Waals surface area contributed by atoms with Crippen LogP contribution in [0.2, 0.25) is 0 Å². The van der Waals surface area contributed by atoms with Crippen LogP contribution in [0.4, 0.5) is 0 Å². The molecule has 0 bridgehead atoms. The minimum absolute atomic E-state index is 0.353. The summed E-state index contributed by atoms with van der Waals surface area (Å²) >= 11 is 0. The average Bonchev–Trinajstić information content (AvgIpc) is 2.42. The molecule has 0 spiro atoms. The molecule has 1 aliphatic rings. The molecule has 0 aromatic heterocycles. The van der Waals surface area contributed by atoms with Gasteiger partial charge >= 0.3 is 0 Å². The summed E-state index contributed by atoms with van der Waals surface area (Å²) in [6, 6.07) is 0. The fourth-order valence-corrected chi connectivity index (χ4v) is 2.68. The van der Waals surface area contributed by atoms with Gasteiger partial charge in [-0.1, -0.05) is 51.4 Å². The van der Waals surface area contributed by atoms with Crippen molar-refractivity contribution in [1.29, 1.82) is 0 Å². The Balaban J connectivity index is 1.81. The van der Waals surface area contributed by atoms with Gasteiger partial charge in [0.05, 0.1) is 13.2 Å². The Kier molecular flexibility index (Phi) is 9.49. The highest BCUT2D eigenvalue weighted by atomic mass is 16.7. The molecule has 0 amide bonds. The Morgan fingerprint density at radius 1 is 0.800 bits per heavy atom. The minimum atomic E-state index is -0.369. The minimum Gasteiger partial charge on any atom is -0.396 e. The van der Waals surface area contributed by atoms with E-state index < -0.39 is 0 Å². The van der Waals surface area contributed by atoms with E-state index in [9.17, 15) is 0 Å². The van der Waals surface area contributed by atoms with Gasteiger partial charge in [0.25, 0.3) is 0 Å². The van der Waals surface area contributed by atoms with Crippen LogP contribution in [0, 0.1) is 5.92 Å². The molecule has 3 heteroatoms. The Bertz CT molecular complexity index is 218. The van der Waals surface area contributed by atoms with Gasteiger partial charge in [0.15, 0.2) is 5.79 Å². The summed E-state index contributed by atoms with van der Waals surface area (Å²) in [5.74, 6) is 0.230. The van der Waals surface area contributed by atoms with Crippen molar-refractivity contribution in [3.8, 4) is 0 Å². The average molecular weight is 286 g/mol. The molecule has 3 nitrogen and oxygen atoms in total. The van der Waals surface area contributed by atoms with Gasteiger partial charge in [-0.25, -0.2) is 0 Å². The van der Waals surface area contributed by atoms with Crippen molar-refractivity contribution in [2.24, 2.45) is 5.92 Å². The smallest absolute Gasteiger partial charge is 0.162 e. The van der Waals surface area contributed by atoms with Crippen LogP contribution >= 0.6 is 0 Å². The first-order chi connectivity index (χ1) is 9.64. The quantitative estimate of drug-likeness (QED) is 0.576. The van der Waals surface area contributed by atoms with E-state index in [1.165, 1.54) is 57.8 Å². The van der Waals surface area contributed by atoms with Crippen LogP contribution < -0.4 is 0 Å². The van der Waals surface area contributed by atoms with E-state index in [1.807, 2.05) is 13.8 Å². The normalized spacial score (nSPS) is 19.4. The number of aliphatic hydroxyl groups excluding tert-OH is 1. The molecule has 1 N–H and O–H groups in total. The molecule has 1 heterocycles. The van der Waals surface area contributed by atoms with Gasteiger partial charge in [0, 0.05) is 12.5 Å². The Morgan fingerprint density at radius 2 is 1.25 bits per heavy atom. The van der Waals surface area contributed by atoms with Crippen LogP contribution in [0.5, 0.6) is 0 Å². The third-order valence-corrected chi connectivity index (χ3v) is 4.10. The summed E-state index contributed by atoms with van der Waals surface area (Å²) in [5.41, 5.74) is 0. The molecule has 0 unspecified atom stereocenters. The van der Waals surface area contributed by atoms with Gasteiger partial charge in [-0.15, -0.1) is 0 Å². The Labute approximate surface area is 125 Å². The summed E-state index contributed by atoms with van der Waals surface area (Å²) in [6.07, 6.45) is 12.8. The molecule has 0 aromatic rings. The first kappa shape index (κ1) is 17.9.